The number of ether oxygens (including phenoxy) is 1. The molecule has 0 aliphatic heterocycles. The van der Waals surface area contributed by atoms with Gasteiger partial charge >= 0.3 is 0 Å². The zero-order valence-corrected chi connectivity index (χ0v) is 12.0. The van der Waals surface area contributed by atoms with Crippen LogP contribution in [-0.2, 0) is 11.3 Å². The van der Waals surface area contributed by atoms with Gasteiger partial charge in [0, 0.05) is 18.8 Å². The van der Waals surface area contributed by atoms with Crippen molar-refractivity contribution in [1.82, 2.24) is 15.6 Å². The summed E-state index contributed by atoms with van der Waals surface area (Å²) >= 11 is 0. The summed E-state index contributed by atoms with van der Waals surface area (Å²) < 4.78 is 5.91. The van der Waals surface area contributed by atoms with Gasteiger partial charge in [-0.25, -0.2) is 4.98 Å². The maximum atomic E-state index is 11.4. The number of amides is 1. The fourth-order valence-electron chi connectivity index (χ4n) is 2.40. The van der Waals surface area contributed by atoms with Crippen LogP contribution >= 0.6 is 0 Å². The lowest BCUT2D eigenvalue weighted by Crippen LogP contribution is -2.31. The third-order valence-electron chi connectivity index (χ3n) is 3.47. The first-order valence-corrected chi connectivity index (χ1v) is 7.31. The van der Waals surface area contributed by atoms with Gasteiger partial charge in [0.25, 0.3) is 0 Å². The molecule has 0 bridgehead atoms. The molecule has 1 amide bonds. The van der Waals surface area contributed by atoms with Gasteiger partial charge in [0.15, 0.2) is 0 Å². The molecule has 0 unspecified atom stereocenters. The molecule has 1 aromatic rings. The molecule has 2 rings (SSSR count). The Morgan fingerprint density at radius 1 is 1.40 bits per heavy atom. The monoisotopic (exact) mass is 277 g/mol. The van der Waals surface area contributed by atoms with E-state index in [4.69, 9.17) is 4.74 Å². The standard InChI is InChI=1S/C15H23N3O2/c1-16-11-14(19)18-10-12-7-8-17-15(9-12)20-13-5-3-2-4-6-13/h7-9,13,16H,2-6,10-11H2,1H3,(H,18,19). The molecule has 2 N–H and O–H groups in total. The molecule has 5 heteroatoms. The van der Waals surface area contributed by atoms with Gasteiger partial charge in [-0.05, 0) is 44.4 Å². The van der Waals surface area contributed by atoms with Crippen molar-refractivity contribution in [2.45, 2.75) is 44.8 Å². The van der Waals surface area contributed by atoms with E-state index in [1.807, 2.05) is 12.1 Å². The van der Waals surface area contributed by atoms with Crippen LogP contribution in [0.3, 0.4) is 0 Å². The summed E-state index contributed by atoms with van der Waals surface area (Å²) in [6, 6.07) is 3.81. The highest BCUT2D eigenvalue weighted by atomic mass is 16.5. The highest BCUT2D eigenvalue weighted by molar-refractivity contribution is 5.77. The van der Waals surface area contributed by atoms with Crippen LogP contribution in [0.4, 0.5) is 0 Å². The SMILES string of the molecule is CNCC(=O)NCc1ccnc(OC2CCCCC2)c1. The average molecular weight is 277 g/mol. The van der Waals surface area contributed by atoms with Gasteiger partial charge in [-0.1, -0.05) is 6.42 Å². The van der Waals surface area contributed by atoms with Crippen LogP contribution < -0.4 is 15.4 Å². The average Bonchev–Trinajstić information content (AvgIpc) is 2.47. The minimum absolute atomic E-state index is 0.0148. The van der Waals surface area contributed by atoms with Crippen LogP contribution in [0.2, 0.25) is 0 Å². The second-order valence-electron chi connectivity index (χ2n) is 5.19. The van der Waals surface area contributed by atoms with E-state index < -0.39 is 0 Å². The second kappa shape index (κ2) is 7.85. The highest BCUT2D eigenvalue weighted by Crippen LogP contribution is 2.22. The van der Waals surface area contributed by atoms with Gasteiger partial charge in [-0.15, -0.1) is 0 Å². The Morgan fingerprint density at radius 2 is 2.20 bits per heavy atom. The summed E-state index contributed by atoms with van der Waals surface area (Å²) in [6.07, 6.45) is 8.05. The van der Waals surface area contributed by atoms with E-state index in [-0.39, 0.29) is 5.91 Å². The van der Waals surface area contributed by atoms with E-state index in [0.717, 1.165) is 18.4 Å². The zero-order chi connectivity index (χ0) is 14.2. The van der Waals surface area contributed by atoms with Crippen LogP contribution in [0.1, 0.15) is 37.7 Å². The Morgan fingerprint density at radius 3 is 2.95 bits per heavy atom. The molecular formula is C15H23N3O2. The molecule has 1 aliphatic rings. The van der Waals surface area contributed by atoms with Gasteiger partial charge in [-0.3, -0.25) is 4.79 Å². The van der Waals surface area contributed by atoms with Crippen LogP contribution in [0.5, 0.6) is 5.88 Å². The predicted molar refractivity (Wildman–Crippen MR) is 77.5 cm³/mol. The molecule has 0 spiro atoms. The normalized spacial score (nSPS) is 15.8. The maximum Gasteiger partial charge on any atom is 0.234 e. The predicted octanol–water partition coefficient (Wildman–Crippen LogP) is 1.63. The molecule has 1 fully saturated rings. The van der Waals surface area contributed by atoms with E-state index in [0.29, 0.717) is 25.1 Å². The topological polar surface area (TPSA) is 63.2 Å². The van der Waals surface area contributed by atoms with Crippen molar-refractivity contribution in [3.05, 3.63) is 23.9 Å². The summed E-state index contributed by atoms with van der Waals surface area (Å²) in [4.78, 5) is 15.6. The first kappa shape index (κ1) is 14.8. The number of nitrogens with one attached hydrogen (secondary N) is 2. The van der Waals surface area contributed by atoms with Crippen molar-refractivity contribution in [3.63, 3.8) is 0 Å². The Kier molecular flexibility index (Phi) is 5.80. The van der Waals surface area contributed by atoms with Gasteiger partial charge in [-0.2, -0.15) is 0 Å². The van der Waals surface area contributed by atoms with E-state index >= 15 is 0 Å². The molecule has 1 saturated carbocycles. The Labute approximate surface area is 120 Å². The van der Waals surface area contributed by atoms with E-state index in [1.165, 1.54) is 19.3 Å². The van der Waals surface area contributed by atoms with Crippen LogP contribution in [0.25, 0.3) is 0 Å². The largest absolute Gasteiger partial charge is 0.474 e. The number of hydrogen-bond donors (Lipinski definition) is 2. The van der Waals surface area contributed by atoms with Gasteiger partial charge in [0.2, 0.25) is 11.8 Å². The van der Waals surface area contributed by atoms with Crippen molar-refractivity contribution >= 4 is 5.91 Å². The third-order valence-corrected chi connectivity index (χ3v) is 3.47. The number of rotatable bonds is 6. The Bertz CT molecular complexity index is 431. The van der Waals surface area contributed by atoms with E-state index in [9.17, 15) is 4.79 Å². The fraction of sp³-hybridized carbons (Fsp3) is 0.600. The summed E-state index contributed by atoms with van der Waals surface area (Å²) in [7, 11) is 1.75. The first-order chi connectivity index (χ1) is 9.78. The number of hydrogen-bond acceptors (Lipinski definition) is 4. The Balaban J connectivity index is 1.85. The van der Waals surface area contributed by atoms with Crippen LogP contribution in [0.15, 0.2) is 18.3 Å². The maximum absolute atomic E-state index is 11.4. The van der Waals surface area contributed by atoms with Gasteiger partial charge in [0.05, 0.1) is 6.54 Å². The molecule has 110 valence electrons. The number of aromatic nitrogens is 1. The fourth-order valence-corrected chi connectivity index (χ4v) is 2.40. The van der Waals surface area contributed by atoms with Crippen molar-refractivity contribution < 1.29 is 9.53 Å². The molecular weight excluding hydrogens is 254 g/mol. The van der Waals surface area contributed by atoms with E-state index in [2.05, 4.69) is 15.6 Å². The first-order valence-electron chi connectivity index (χ1n) is 7.31. The molecule has 1 aromatic heterocycles. The summed E-state index contributed by atoms with van der Waals surface area (Å²) in [5.41, 5.74) is 1.01. The summed E-state index contributed by atoms with van der Waals surface area (Å²) in [6.45, 7) is 0.834. The number of likely N-dealkylation sites (N-methyl/N-ethyl adjacent to an activating group) is 1. The minimum Gasteiger partial charge on any atom is -0.474 e. The third kappa shape index (κ3) is 4.81. The minimum atomic E-state index is -0.0148. The number of pyridine rings is 1. The van der Waals surface area contributed by atoms with Crippen LogP contribution in [-0.4, -0.2) is 30.6 Å². The molecule has 5 nitrogen and oxygen atoms in total. The lowest BCUT2D eigenvalue weighted by Gasteiger charge is -2.22. The highest BCUT2D eigenvalue weighted by Gasteiger charge is 2.15. The van der Waals surface area contributed by atoms with Gasteiger partial charge < -0.3 is 15.4 Å². The van der Waals surface area contributed by atoms with Crippen molar-refractivity contribution in [2.75, 3.05) is 13.6 Å². The van der Waals surface area contributed by atoms with Crippen molar-refractivity contribution in [3.8, 4) is 5.88 Å². The van der Waals surface area contributed by atoms with Crippen LogP contribution in [0, 0.1) is 0 Å². The quantitative estimate of drug-likeness (QED) is 0.829. The van der Waals surface area contributed by atoms with E-state index in [1.54, 1.807) is 13.2 Å². The number of nitrogens with zero attached hydrogens (tertiary/aromatic N) is 1. The zero-order valence-electron chi connectivity index (χ0n) is 12.0. The van der Waals surface area contributed by atoms with Crippen molar-refractivity contribution in [1.29, 1.82) is 0 Å². The van der Waals surface area contributed by atoms with Gasteiger partial charge in [0.1, 0.15) is 6.10 Å². The molecule has 0 radical (unpaired) electrons. The smallest absolute Gasteiger partial charge is 0.234 e. The molecule has 20 heavy (non-hydrogen) atoms. The summed E-state index contributed by atoms with van der Waals surface area (Å²) in [5.74, 6) is 0.649. The number of carbonyl (C=O) groups excluding carboxylic acids is 1. The molecule has 0 saturated heterocycles. The number of carbonyl (C=O) groups is 1. The second-order valence-corrected chi connectivity index (χ2v) is 5.19. The molecule has 0 atom stereocenters. The molecule has 1 heterocycles. The lowest BCUT2D eigenvalue weighted by atomic mass is 9.98. The molecule has 1 aliphatic carbocycles. The lowest BCUT2D eigenvalue weighted by molar-refractivity contribution is -0.120. The molecule has 0 aromatic carbocycles. The summed E-state index contributed by atoms with van der Waals surface area (Å²) in [5, 5.41) is 5.67. The van der Waals surface area contributed by atoms with Crippen molar-refractivity contribution in [2.24, 2.45) is 0 Å². The Hall–Kier alpha value is -1.62.